The summed E-state index contributed by atoms with van der Waals surface area (Å²) in [7, 11) is 0. The van der Waals surface area contributed by atoms with E-state index in [0.717, 1.165) is 34.2 Å². The van der Waals surface area contributed by atoms with E-state index in [1.807, 2.05) is 60.2 Å². The van der Waals surface area contributed by atoms with Crippen molar-refractivity contribution < 1.29 is 27.8 Å². The average Bonchev–Trinajstić information content (AvgIpc) is 3.12. The number of aromatic nitrogens is 1. The molecule has 0 bridgehead atoms. The second kappa shape index (κ2) is 10.2. The van der Waals surface area contributed by atoms with Crippen LogP contribution in [-0.4, -0.2) is 22.4 Å². The highest BCUT2D eigenvalue weighted by atomic mass is 19.4. The molecule has 0 aliphatic rings. The van der Waals surface area contributed by atoms with Crippen molar-refractivity contribution in [1.82, 2.24) is 9.88 Å². The standard InChI is InChI=1S/C27H25F3N2O3/c1-18-10-24-23(21(12-26(33)34)16-32(24)15-19-6-3-2-4-7-19)13-25(18)35-17-31-14-20-8-5-9-22(11-20)27(28,29)30/h2-11,13,16,31H,12,14-15,17H2,1H3,(H,33,34). The minimum absolute atomic E-state index is 0.0849. The van der Waals surface area contributed by atoms with E-state index in [1.54, 1.807) is 6.07 Å². The van der Waals surface area contributed by atoms with Crippen LogP contribution in [0.5, 0.6) is 5.75 Å². The van der Waals surface area contributed by atoms with Gasteiger partial charge < -0.3 is 14.4 Å². The van der Waals surface area contributed by atoms with E-state index in [-0.39, 0.29) is 19.7 Å². The minimum Gasteiger partial charge on any atom is -0.481 e. The van der Waals surface area contributed by atoms with Crippen molar-refractivity contribution in [1.29, 1.82) is 0 Å². The number of hydrogen-bond donors (Lipinski definition) is 2. The van der Waals surface area contributed by atoms with Gasteiger partial charge in [0.25, 0.3) is 0 Å². The molecule has 0 saturated carbocycles. The Hall–Kier alpha value is -3.78. The average molecular weight is 483 g/mol. The zero-order valence-corrected chi connectivity index (χ0v) is 19.1. The topological polar surface area (TPSA) is 63.5 Å². The number of hydrogen-bond acceptors (Lipinski definition) is 3. The SMILES string of the molecule is Cc1cc2c(cc1OCNCc1cccc(C(F)(F)F)c1)c(CC(=O)O)cn2Cc1ccccc1. The number of alkyl halides is 3. The van der Waals surface area contributed by atoms with Gasteiger partial charge in [0, 0.05) is 30.2 Å². The molecule has 0 fully saturated rings. The van der Waals surface area contributed by atoms with Crippen molar-refractivity contribution in [2.75, 3.05) is 6.73 Å². The van der Waals surface area contributed by atoms with E-state index < -0.39 is 17.7 Å². The quantitative estimate of drug-likeness (QED) is 0.235. The first kappa shape index (κ1) is 24.3. The number of fused-ring (bicyclic) bond motifs is 1. The van der Waals surface area contributed by atoms with Gasteiger partial charge in [0.1, 0.15) is 12.5 Å². The monoisotopic (exact) mass is 482 g/mol. The number of carboxylic acids is 1. The molecular weight excluding hydrogens is 457 g/mol. The summed E-state index contributed by atoms with van der Waals surface area (Å²) in [5, 5.41) is 13.2. The maximum absolute atomic E-state index is 12.9. The number of nitrogens with zero attached hydrogens (tertiary/aromatic N) is 1. The molecule has 3 aromatic carbocycles. The summed E-state index contributed by atoms with van der Waals surface area (Å²) in [6, 6.07) is 18.8. The molecule has 0 amide bonds. The molecule has 0 aliphatic heterocycles. The summed E-state index contributed by atoms with van der Waals surface area (Å²) in [6.07, 6.45) is -2.64. The highest BCUT2D eigenvalue weighted by Gasteiger charge is 2.30. The maximum Gasteiger partial charge on any atom is 0.416 e. The molecule has 4 rings (SSSR count). The molecule has 0 aliphatic carbocycles. The Labute approximate surface area is 200 Å². The summed E-state index contributed by atoms with van der Waals surface area (Å²) in [5.41, 5.74) is 3.37. The lowest BCUT2D eigenvalue weighted by molar-refractivity contribution is -0.138. The number of aryl methyl sites for hydroxylation is 1. The van der Waals surface area contributed by atoms with Crippen molar-refractivity contribution in [2.24, 2.45) is 0 Å². The Morgan fingerprint density at radius 1 is 1.03 bits per heavy atom. The second-order valence-corrected chi connectivity index (χ2v) is 8.39. The van der Waals surface area contributed by atoms with Gasteiger partial charge in [-0.15, -0.1) is 0 Å². The number of aliphatic carboxylic acids is 1. The van der Waals surface area contributed by atoms with Crippen LogP contribution in [0.15, 0.2) is 72.9 Å². The fourth-order valence-corrected chi connectivity index (χ4v) is 4.05. The van der Waals surface area contributed by atoms with Crippen molar-refractivity contribution in [3.63, 3.8) is 0 Å². The summed E-state index contributed by atoms with van der Waals surface area (Å²) in [4.78, 5) is 11.4. The van der Waals surface area contributed by atoms with E-state index in [0.29, 0.717) is 23.4 Å². The molecule has 5 nitrogen and oxygen atoms in total. The van der Waals surface area contributed by atoms with Gasteiger partial charge in [-0.3, -0.25) is 10.1 Å². The number of nitrogens with one attached hydrogen (secondary N) is 1. The highest BCUT2D eigenvalue weighted by molar-refractivity contribution is 5.89. The minimum atomic E-state index is -4.39. The predicted octanol–water partition coefficient (Wildman–Crippen LogP) is 5.77. The summed E-state index contributed by atoms with van der Waals surface area (Å²) >= 11 is 0. The van der Waals surface area contributed by atoms with Crippen molar-refractivity contribution in [2.45, 2.75) is 32.6 Å². The van der Waals surface area contributed by atoms with E-state index in [1.165, 1.54) is 6.07 Å². The zero-order valence-electron chi connectivity index (χ0n) is 19.1. The first-order chi connectivity index (χ1) is 16.7. The largest absolute Gasteiger partial charge is 0.481 e. The number of ether oxygens (including phenoxy) is 1. The van der Waals surface area contributed by atoms with E-state index in [9.17, 15) is 23.1 Å². The molecular formula is C27H25F3N2O3. The third-order valence-electron chi connectivity index (χ3n) is 5.71. The van der Waals surface area contributed by atoms with Gasteiger partial charge >= 0.3 is 12.1 Å². The molecule has 182 valence electrons. The molecule has 2 N–H and O–H groups in total. The molecule has 0 spiro atoms. The molecule has 0 unspecified atom stereocenters. The van der Waals surface area contributed by atoms with Gasteiger partial charge in [0.2, 0.25) is 0 Å². The third kappa shape index (κ3) is 6.02. The van der Waals surface area contributed by atoms with Gasteiger partial charge in [-0.05, 0) is 47.4 Å². The Bertz CT molecular complexity index is 1330. The van der Waals surface area contributed by atoms with Crippen LogP contribution in [0.4, 0.5) is 13.2 Å². The number of benzene rings is 3. The van der Waals surface area contributed by atoms with Crippen LogP contribution >= 0.6 is 0 Å². The van der Waals surface area contributed by atoms with Gasteiger partial charge in [-0.1, -0.05) is 48.5 Å². The van der Waals surface area contributed by atoms with Crippen LogP contribution in [0.3, 0.4) is 0 Å². The Morgan fingerprint density at radius 2 is 1.77 bits per heavy atom. The number of carboxylic acid groups (broad SMARTS) is 1. The molecule has 0 saturated heterocycles. The first-order valence-electron chi connectivity index (χ1n) is 11.1. The highest BCUT2D eigenvalue weighted by Crippen LogP contribution is 2.31. The molecule has 1 heterocycles. The van der Waals surface area contributed by atoms with Crippen molar-refractivity contribution in [3.05, 3.63) is 101 Å². The molecule has 8 heteroatoms. The molecule has 0 radical (unpaired) electrons. The molecule has 35 heavy (non-hydrogen) atoms. The maximum atomic E-state index is 12.9. The van der Waals surface area contributed by atoms with E-state index in [2.05, 4.69) is 5.32 Å². The van der Waals surface area contributed by atoms with Gasteiger partial charge in [-0.25, -0.2) is 0 Å². The third-order valence-corrected chi connectivity index (χ3v) is 5.71. The Kier molecular flexibility index (Phi) is 7.12. The van der Waals surface area contributed by atoms with Gasteiger partial charge in [-0.2, -0.15) is 13.2 Å². The summed E-state index contributed by atoms with van der Waals surface area (Å²) in [5.74, 6) is -0.340. The van der Waals surface area contributed by atoms with Crippen LogP contribution in [0, 0.1) is 6.92 Å². The second-order valence-electron chi connectivity index (χ2n) is 8.39. The lowest BCUT2D eigenvalue weighted by Crippen LogP contribution is -2.20. The number of halogens is 3. The van der Waals surface area contributed by atoms with Crippen molar-refractivity contribution in [3.8, 4) is 5.75 Å². The molecule has 1 aromatic heterocycles. The fourth-order valence-electron chi connectivity index (χ4n) is 4.05. The normalized spacial score (nSPS) is 11.7. The summed E-state index contributed by atoms with van der Waals surface area (Å²) < 4.78 is 46.6. The Morgan fingerprint density at radius 3 is 2.49 bits per heavy atom. The first-order valence-corrected chi connectivity index (χ1v) is 11.1. The van der Waals surface area contributed by atoms with Crippen LogP contribution in [0.1, 0.15) is 27.8 Å². The smallest absolute Gasteiger partial charge is 0.416 e. The predicted molar refractivity (Wildman–Crippen MR) is 127 cm³/mol. The Balaban J connectivity index is 1.50. The molecule has 0 atom stereocenters. The van der Waals surface area contributed by atoms with Gasteiger partial charge in [0.05, 0.1) is 12.0 Å². The summed E-state index contributed by atoms with van der Waals surface area (Å²) in [6.45, 7) is 2.80. The number of carbonyl (C=O) groups is 1. The van der Waals surface area contributed by atoms with E-state index in [4.69, 9.17) is 4.74 Å². The molecule has 4 aromatic rings. The van der Waals surface area contributed by atoms with Crippen LogP contribution in [-0.2, 0) is 30.5 Å². The van der Waals surface area contributed by atoms with Crippen LogP contribution in [0.25, 0.3) is 10.9 Å². The lowest BCUT2D eigenvalue weighted by atomic mass is 10.1. The van der Waals surface area contributed by atoms with E-state index >= 15 is 0 Å². The fraction of sp³-hybridized carbons (Fsp3) is 0.222. The van der Waals surface area contributed by atoms with Crippen LogP contribution < -0.4 is 10.1 Å². The lowest BCUT2D eigenvalue weighted by Gasteiger charge is -2.13. The van der Waals surface area contributed by atoms with Gasteiger partial charge in [0.15, 0.2) is 0 Å². The van der Waals surface area contributed by atoms with Crippen LogP contribution in [0.2, 0.25) is 0 Å². The van der Waals surface area contributed by atoms with Crippen molar-refractivity contribution >= 4 is 16.9 Å². The zero-order chi connectivity index (χ0) is 25.0. The number of rotatable bonds is 9.